The number of esters is 1. The molecule has 6 heteroatoms. The maximum absolute atomic E-state index is 12.9. The number of carbonyl (C=O) groups excluding carboxylic acids is 3. The van der Waals surface area contributed by atoms with Gasteiger partial charge in [-0.05, 0) is 24.1 Å². The maximum Gasteiger partial charge on any atom is 0.316 e. The Morgan fingerprint density at radius 2 is 1.95 bits per heavy atom. The molecular weight excluding hydrogens is 289 g/mol. The Bertz CT molecular complexity index is 570. The lowest BCUT2D eigenvalue weighted by Crippen LogP contribution is -2.33. The Labute approximate surface area is 128 Å². The van der Waals surface area contributed by atoms with Crippen LogP contribution in [-0.4, -0.2) is 42.8 Å². The molecule has 0 bridgehead atoms. The second kappa shape index (κ2) is 7.15. The number of ether oxygens (including phenoxy) is 1. The molecule has 1 aliphatic rings. The molecule has 1 heterocycles. The molecule has 118 valence electrons. The summed E-state index contributed by atoms with van der Waals surface area (Å²) in [6.45, 7) is 0.637. The normalized spacial score (nSPS) is 18.7. The van der Waals surface area contributed by atoms with Crippen LogP contribution >= 0.6 is 0 Å². The number of carbonyl (C=O) groups is 3. The van der Waals surface area contributed by atoms with Gasteiger partial charge in [0.25, 0.3) is 0 Å². The molecule has 1 saturated heterocycles. The van der Waals surface area contributed by atoms with E-state index in [-0.39, 0.29) is 36.8 Å². The van der Waals surface area contributed by atoms with E-state index < -0.39 is 11.9 Å². The quantitative estimate of drug-likeness (QED) is 0.624. The lowest BCUT2D eigenvalue weighted by atomic mass is 10.00. The highest BCUT2D eigenvalue weighted by Crippen LogP contribution is 2.17. The molecule has 1 amide bonds. The molecule has 5 nitrogen and oxygen atoms in total. The first-order valence-corrected chi connectivity index (χ1v) is 7.14. The summed E-state index contributed by atoms with van der Waals surface area (Å²) >= 11 is 0. The van der Waals surface area contributed by atoms with Crippen molar-refractivity contribution in [3.05, 3.63) is 35.6 Å². The second-order valence-corrected chi connectivity index (χ2v) is 5.26. The summed E-state index contributed by atoms with van der Waals surface area (Å²) in [6, 6.07) is 5.74. The van der Waals surface area contributed by atoms with Gasteiger partial charge in [0.1, 0.15) is 17.5 Å². The van der Waals surface area contributed by atoms with Gasteiger partial charge >= 0.3 is 5.97 Å². The van der Waals surface area contributed by atoms with Crippen molar-refractivity contribution in [3.63, 3.8) is 0 Å². The van der Waals surface area contributed by atoms with Crippen LogP contribution in [0.15, 0.2) is 24.3 Å². The van der Waals surface area contributed by atoms with Crippen LogP contribution in [0.3, 0.4) is 0 Å². The summed E-state index contributed by atoms with van der Waals surface area (Å²) in [7, 11) is 1.25. The zero-order valence-corrected chi connectivity index (χ0v) is 12.4. The van der Waals surface area contributed by atoms with Gasteiger partial charge in [-0.15, -0.1) is 0 Å². The van der Waals surface area contributed by atoms with E-state index in [2.05, 4.69) is 4.74 Å². The topological polar surface area (TPSA) is 63.7 Å². The van der Waals surface area contributed by atoms with Gasteiger partial charge in [0.15, 0.2) is 0 Å². The fourth-order valence-corrected chi connectivity index (χ4v) is 2.51. The number of methoxy groups -OCH3 is 1. The predicted octanol–water partition coefficient (Wildman–Crippen LogP) is 1.35. The number of nitrogens with zero attached hydrogens (tertiary/aromatic N) is 1. The first-order valence-electron chi connectivity index (χ1n) is 7.14. The largest absolute Gasteiger partial charge is 0.468 e. The summed E-state index contributed by atoms with van der Waals surface area (Å²) in [6.07, 6.45) is 0.576. The molecule has 1 aliphatic heterocycles. The number of hydrogen-bond donors (Lipinski definition) is 0. The average molecular weight is 307 g/mol. The number of halogens is 1. The van der Waals surface area contributed by atoms with Crippen LogP contribution in [0.1, 0.15) is 18.4 Å². The van der Waals surface area contributed by atoms with Crippen molar-refractivity contribution >= 4 is 17.7 Å². The zero-order valence-electron chi connectivity index (χ0n) is 12.4. The molecule has 1 aromatic carbocycles. The van der Waals surface area contributed by atoms with E-state index in [0.717, 1.165) is 0 Å². The van der Waals surface area contributed by atoms with Gasteiger partial charge in [-0.2, -0.15) is 0 Å². The van der Waals surface area contributed by atoms with Crippen LogP contribution in [0.2, 0.25) is 0 Å². The molecule has 1 unspecified atom stereocenters. The van der Waals surface area contributed by atoms with Crippen LogP contribution in [0.4, 0.5) is 4.39 Å². The van der Waals surface area contributed by atoms with Gasteiger partial charge in [-0.3, -0.25) is 14.4 Å². The smallest absolute Gasteiger partial charge is 0.316 e. The van der Waals surface area contributed by atoms with E-state index in [1.54, 1.807) is 17.0 Å². The SMILES string of the molecule is COC(=O)C1CCN(C(=O)Cc2ccc(F)cc2)CCC1=O. The van der Waals surface area contributed by atoms with E-state index in [1.165, 1.54) is 19.2 Å². The minimum Gasteiger partial charge on any atom is -0.468 e. The van der Waals surface area contributed by atoms with Crippen molar-refractivity contribution < 1.29 is 23.5 Å². The van der Waals surface area contributed by atoms with Gasteiger partial charge in [0.05, 0.1) is 13.5 Å². The van der Waals surface area contributed by atoms with Crippen molar-refractivity contribution in [1.29, 1.82) is 0 Å². The monoisotopic (exact) mass is 307 g/mol. The van der Waals surface area contributed by atoms with Crippen molar-refractivity contribution in [1.82, 2.24) is 4.90 Å². The lowest BCUT2D eigenvalue weighted by Gasteiger charge is -2.20. The summed E-state index contributed by atoms with van der Waals surface area (Å²) in [5, 5.41) is 0. The van der Waals surface area contributed by atoms with Crippen LogP contribution in [0.5, 0.6) is 0 Å². The fraction of sp³-hybridized carbons (Fsp3) is 0.438. The summed E-state index contributed by atoms with van der Waals surface area (Å²) in [5.74, 6) is -2.00. The Balaban J connectivity index is 1.98. The molecule has 0 aromatic heterocycles. The zero-order chi connectivity index (χ0) is 16.1. The number of hydrogen-bond acceptors (Lipinski definition) is 4. The number of likely N-dealkylation sites (tertiary alicyclic amines) is 1. The first-order chi connectivity index (χ1) is 10.5. The average Bonchev–Trinajstić information content (AvgIpc) is 2.71. The van der Waals surface area contributed by atoms with Gasteiger partial charge in [0.2, 0.25) is 5.91 Å². The summed E-state index contributed by atoms with van der Waals surface area (Å²) < 4.78 is 17.5. The van der Waals surface area contributed by atoms with E-state index in [0.29, 0.717) is 18.7 Å². The third-order valence-electron chi connectivity index (χ3n) is 3.81. The third-order valence-corrected chi connectivity index (χ3v) is 3.81. The van der Waals surface area contributed by atoms with E-state index in [1.807, 2.05) is 0 Å². The Morgan fingerprint density at radius 3 is 2.59 bits per heavy atom. The van der Waals surface area contributed by atoms with Crippen molar-refractivity contribution in [2.45, 2.75) is 19.3 Å². The number of rotatable bonds is 3. The Morgan fingerprint density at radius 1 is 1.27 bits per heavy atom. The number of Topliss-reactive ketones (excluding diaryl/α,β-unsaturated/α-hetero) is 1. The number of amides is 1. The third kappa shape index (κ3) is 3.90. The molecule has 0 spiro atoms. The molecular formula is C16H18FNO4. The molecule has 1 fully saturated rings. The molecule has 1 aromatic rings. The summed E-state index contributed by atoms with van der Waals surface area (Å²) in [4.78, 5) is 37.3. The Hall–Kier alpha value is -2.24. The van der Waals surface area contributed by atoms with Crippen molar-refractivity contribution in [3.8, 4) is 0 Å². The molecule has 0 aliphatic carbocycles. The van der Waals surface area contributed by atoms with Crippen LogP contribution in [0, 0.1) is 11.7 Å². The fourth-order valence-electron chi connectivity index (χ4n) is 2.51. The highest BCUT2D eigenvalue weighted by atomic mass is 19.1. The summed E-state index contributed by atoms with van der Waals surface area (Å²) in [5.41, 5.74) is 0.714. The number of benzene rings is 1. The standard InChI is InChI=1S/C16H18FNO4/c1-22-16(21)13-6-8-18(9-7-14(13)19)15(20)10-11-2-4-12(17)5-3-11/h2-5,13H,6-10H2,1H3. The van der Waals surface area contributed by atoms with Crippen LogP contribution in [0.25, 0.3) is 0 Å². The van der Waals surface area contributed by atoms with E-state index >= 15 is 0 Å². The molecule has 22 heavy (non-hydrogen) atoms. The minimum atomic E-state index is -0.784. The highest BCUT2D eigenvalue weighted by molar-refractivity contribution is 5.99. The second-order valence-electron chi connectivity index (χ2n) is 5.26. The molecule has 0 radical (unpaired) electrons. The van der Waals surface area contributed by atoms with E-state index in [9.17, 15) is 18.8 Å². The molecule has 1 atom stereocenters. The molecule has 0 N–H and O–H groups in total. The lowest BCUT2D eigenvalue weighted by molar-refractivity contribution is -0.149. The van der Waals surface area contributed by atoms with Gasteiger partial charge in [-0.1, -0.05) is 12.1 Å². The predicted molar refractivity (Wildman–Crippen MR) is 76.4 cm³/mol. The Kier molecular flexibility index (Phi) is 5.25. The highest BCUT2D eigenvalue weighted by Gasteiger charge is 2.31. The molecule has 2 rings (SSSR count). The first kappa shape index (κ1) is 16.1. The van der Waals surface area contributed by atoms with Crippen LogP contribution in [-0.2, 0) is 25.5 Å². The van der Waals surface area contributed by atoms with E-state index in [4.69, 9.17) is 0 Å². The van der Waals surface area contributed by atoms with Crippen LogP contribution < -0.4 is 0 Å². The maximum atomic E-state index is 12.9. The van der Waals surface area contributed by atoms with Gasteiger partial charge < -0.3 is 9.64 Å². The van der Waals surface area contributed by atoms with Crippen molar-refractivity contribution in [2.24, 2.45) is 5.92 Å². The molecule has 0 saturated carbocycles. The van der Waals surface area contributed by atoms with Crippen molar-refractivity contribution in [2.75, 3.05) is 20.2 Å². The van der Waals surface area contributed by atoms with Gasteiger partial charge in [-0.25, -0.2) is 4.39 Å². The number of ketones is 1. The minimum absolute atomic E-state index is 0.134. The van der Waals surface area contributed by atoms with Gasteiger partial charge in [0, 0.05) is 19.5 Å².